The Bertz CT molecular complexity index is 511. The minimum absolute atomic E-state index is 0.0295. The average molecular weight is 325 g/mol. The Labute approximate surface area is 137 Å². The number of likely N-dealkylation sites (tertiary alicyclic amines) is 1. The molecule has 1 unspecified atom stereocenters. The van der Waals surface area contributed by atoms with Crippen molar-refractivity contribution in [2.45, 2.75) is 71.6 Å². The molecule has 8 heteroatoms. The van der Waals surface area contributed by atoms with Crippen LogP contribution in [0.25, 0.3) is 0 Å². The van der Waals surface area contributed by atoms with E-state index in [4.69, 9.17) is 9.47 Å². The molecule has 2 rings (SSSR count). The minimum Gasteiger partial charge on any atom is -0.463 e. The fraction of sp³-hybridized carbons (Fsp3) is 0.867. The maximum absolute atomic E-state index is 12.3. The van der Waals surface area contributed by atoms with Gasteiger partial charge in [0.2, 0.25) is 0 Å². The largest absolute Gasteiger partial charge is 0.463 e. The number of ether oxygens (including phenoxy) is 2. The van der Waals surface area contributed by atoms with Crippen molar-refractivity contribution < 1.29 is 14.3 Å². The summed E-state index contributed by atoms with van der Waals surface area (Å²) >= 11 is 0. The Morgan fingerprint density at radius 1 is 1.39 bits per heavy atom. The molecule has 0 N–H and O–H groups in total. The van der Waals surface area contributed by atoms with E-state index < -0.39 is 5.60 Å². The molecule has 1 aliphatic heterocycles. The molecule has 0 radical (unpaired) electrons. The molecule has 1 aliphatic rings. The van der Waals surface area contributed by atoms with E-state index in [1.807, 2.05) is 20.8 Å². The summed E-state index contributed by atoms with van der Waals surface area (Å²) in [6, 6.07) is 0.441. The summed E-state index contributed by atoms with van der Waals surface area (Å²) in [7, 11) is 0. The predicted octanol–water partition coefficient (Wildman–Crippen LogP) is 2.25. The van der Waals surface area contributed by atoms with Crippen LogP contribution in [0.5, 0.6) is 6.01 Å². The summed E-state index contributed by atoms with van der Waals surface area (Å²) in [5.74, 6) is 0. The lowest BCUT2D eigenvalue weighted by molar-refractivity contribution is 0.0208. The Morgan fingerprint density at radius 2 is 2.17 bits per heavy atom. The molecule has 1 amide bonds. The fourth-order valence-electron chi connectivity index (χ4n) is 2.51. The molecule has 23 heavy (non-hydrogen) atoms. The van der Waals surface area contributed by atoms with Crippen molar-refractivity contribution in [3.63, 3.8) is 0 Å². The number of rotatable bonds is 6. The molecule has 0 aliphatic carbocycles. The molecule has 1 aromatic heterocycles. The molecule has 8 nitrogen and oxygen atoms in total. The molecule has 1 saturated heterocycles. The second-order valence-electron chi connectivity index (χ2n) is 6.82. The Morgan fingerprint density at radius 3 is 2.87 bits per heavy atom. The second-order valence-corrected chi connectivity index (χ2v) is 6.82. The van der Waals surface area contributed by atoms with E-state index in [2.05, 4.69) is 22.4 Å². The molecule has 0 saturated carbocycles. The van der Waals surface area contributed by atoms with Gasteiger partial charge in [-0.3, -0.25) is 0 Å². The van der Waals surface area contributed by atoms with Gasteiger partial charge in [0.15, 0.2) is 0 Å². The number of hydrogen-bond donors (Lipinski definition) is 0. The van der Waals surface area contributed by atoms with Gasteiger partial charge in [-0.15, -0.1) is 0 Å². The van der Waals surface area contributed by atoms with Gasteiger partial charge in [0.1, 0.15) is 5.60 Å². The van der Waals surface area contributed by atoms with Gasteiger partial charge in [0.05, 0.1) is 19.2 Å². The third kappa shape index (κ3) is 5.07. The van der Waals surface area contributed by atoms with Gasteiger partial charge in [-0.1, -0.05) is 18.4 Å². The summed E-state index contributed by atoms with van der Waals surface area (Å²) in [5.41, 5.74) is -0.493. The quantitative estimate of drug-likeness (QED) is 0.746. The molecule has 130 valence electrons. The topological polar surface area (TPSA) is 82.4 Å². The van der Waals surface area contributed by atoms with Crippen molar-refractivity contribution in [3.8, 4) is 6.01 Å². The van der Waals surface area contributed by atoms with Crippen LogP contribution in [0.4, 0.5) is 4.79 Å². The third-order valence-electron chi connectivity index (χ3n) is 3.62. The van der Waals surface area contributed by atoms with Gasteiger partial charge in [-0.05, 0) is 50.5 Å². The van der Waals surface area contributed by atoms with Crippen molar-refractivity contribution in [3.05, 3.63) is 0 Å². The second kappa shape index (κ2) is 7.61. The number of nitrogens with zero attached hydrogens (tertiary/aromatic N) is 5. The highest BCUT2D eigenvalue weighted by molar-refractivity contribution is 5.68. The lowest BCUT2D eigenvalue weighted by Crippen LogP contribution is -2.41. The Balaban J connectivity index is 1.96. The van der Waals surface area contributed by atoms with Crippen LogP contribution < -0.4 is 4.74 Å². The van der Waals surface area contributed by atoms with Gasteiger partial charge < -0.3 is 14.4 Å². The zero-order chi connectivity index (χ0) is 16.9. The monoisotopic (exact) mass is 325 g/mol. The highest BCUT2D eigenvalue weighted by Crippen LogP contribution is 2.22. The molecule has 0 spiro atoms. The van der Waals surface area contributed by atoms with Crippen LogP contribution in [0.2, 0.25) is 0 Å². The van der Waals surface area contributed by atoms with Gasteiger partial charge >= 0.3 is 12.1 Å². The first-order valence-corrected chi connectivity index (χ1v) is 8.29. The van der Waals surface area contributed by atoms with Crippen molar-refractivity contribution in [1.29, 1.82) is 0 Å². The number of hydrogen-bond acceptors (Lipinski definition) is 6. The van der Waals surface area contributed by atoms with E-state index in [9.17, 15) is 4.79 Å². The highest BCUT2D eigenvalue weighted by Gasteiger charge is 2.33. The molecular formula is C15H27N5O3. The summed E-state index contributed by atoms with van der Waals surface area (Å²) in [4.78, 5) is 14.1. The van der Waals surface area contributed by atoms with Crippen LogP contribution in [0.1, 0.15) is 53.4 Å². The average Bonchev–Trinajstić information content (AvgIpc) is 3.07. The zero-order valence-electron chi connectivity index (χ0n) is 14.5. The fourth-order valence-corrected chi connectivity index (χ4v) is 2.51. The van der Waals surface area contributed by atoms with E-state index in [-0.39, 0.29) is 12.1 Å². The first-order chi connectivity index (χ1) is 10.9. The molecule has 1 aromatic rings. The maximum atomic E-state index is 12.3. The van der Waals surface area contributed by atoms with Crippen molar-refractivity contribution >= 4 is 6.09 Å². The summed E-state index contributed by atoms with van der Waals surface area (Å²) < 4.78 is 12.7. The standard InChI is InChI=1S/C15H27N5O3/c1-5-6-10-22-13-16-17-18-20(13)11-12-8-7-9-19(12)14(21)23-15(2,3)4/h12H,5-11H2,1-4H3. The van der Waals surface area contributed by atoms with Gasteiger partial charge in [-0.2, -0.15) is 4.68 Å². The van der Waals surface area contributed by atoms with Crippen molar-refractivity contribution in [2.75, 3.05) is 13.2 Å². The van der Waals surface area contributed by atoms with Crippen LogP contribution in [-0.2, 0) is 11.3 Å². The SMILES string of the molecule is CCCCOc1nnnn1CC1CCCN1C(=O)OC(C)(C)C. The van der Waals surface area contributed by atoms with Crippen LogP contribution in [-0.4, -0.2) is 56.0 Å². The van der Waals surface area contributed by atoms with E-state index in [0.29, 0.717) is 25.7 Å². The number of carbonyl (C=O) groups excluding carboxylic acids is 1. The Kier molecular flexibility index (Phi) is 5.79. The lowest BCUT2D eigenvalue weighted by Gasteiger charge is -2.28. The van der Waals surface area contributed by atoms with E-state index in [0.717, 1.165) is 25.7 Å². The smallest absolute Gasteiger partial charge is 0.410 e. The number of aromatic nitrogens is 4. The number of unbranched alkanes of at least 4 members (excludes halogenated alkanes) is 1. The first-order valence-electron chi connectivity index (χ1n) is 8.29. The van der Waals surface area contributed by atoms with Crippen LogP contribution in [0, 0.1) is 0 Å². The maximum Gasteiger partial charge on any atom is 0.410 e. The molecule has 2 heterocycles. The van der Waals surface area contributed by atoms with Crippen molar-refractivity contribution in [1.82, 2.24) is 25.1 Å². The molecule has 0 aromatic carbocycles. The summed E-state index contributed by atoms with van der Waals surface area (Å²) in [5, 5.41) is 11.6. The molecule has 1 atom stereocenters. The lowest BCUT2D eigenvalue weighted by atomic mass is 10.2. The van der Waals surface area contributed by atoms with Crippen LogP contribution in [0.3, 0.4) is 0 Å². The van der Waals surface area contributed by atoms with Crippen LogP contribution in [0.15, 0.2) is 0 Å². The molecular weight excluding hydrogens is 298 g/mol. The number of amides is 1. The van der Waals surface area contributed by atoms with Gasteiger partial charge in [0, 0.05) is 6.54 Å². The first kappa shape index (κ1) is 17.5. The summed E-state index contributed by atoms with van der Waals surface area (Å²) in [6.45, 7) is 9.54. The number of tetrazole rings is 1. The third-order valence-corrected chi connectivity index (χ3v) is 3.62. The van der Waals surface area contributed by atoms with Crippen LogP contribution >= 0.6 is 0 Å². The zero-order valence-corrected chi connectivity index (χ0v) is 14.5. The highest BCUT2D eigenvalue weighted by atomic mass is 16.6. The van der Waals surface area contributed by atoms with E-state index >= 15 is 0 Å². The van der Waals surface area contributed by atoms with Crippen molar-refractivity contribution in [2.24, 2.45) is 0 Å². The van der Waals surface area contributed by atoms with Gasteiger partial charge in [0.25, 0.3) is 0 Å². The summed E-state index contributed by atoms with van der Waals surface area (Å²) in [6.07, 6.45) is 3.60. The predicted molar refractivity (Wildman–Crippen MR) is 84.2 cm³/mol. The van der Waals surface area contributed by atoms with E-state index in [1.54, 1.807) is 9.58 Å². The molecule has 0 bridgehead atoms. The minimum atomic E-state index is -0.493. The molecule has 1 fully saturated rings. The van der Waals surface area contributed by atoms with Gasteiger partial charge in [-0.25, -0.2) is 4.79 Å². The Hall–Kier alpha value is -1.86. The van der Waals surface area contributed by atoms with E-state index in [1.165, 1.54) is 0 Å². The number of carbonyl (C=O) groups is 1. The normalized spacial score (nSPS) is 18.3.